The molecule has 0 radical (unpaired) electrons. The van der Waals surface area contributed by atoms with Gasteiger partial charge in [0.25, 0.3) is 5.91 Å². The van der Waals surface area contributed by atoms with Crippen molar-refractivity contribution in [3.8, 4) is 0 Å². The van der Waals surface area contributed by atoms with E-state index < -0.39 is 5.97 Å². The molecule has 0 unspecified atom stereocenters. The van der Waals surface area contributed by atoms with E-state index in [2.05, 4.69) is 21.2 Å². The Labute approximate surface area is 131 Å². The summed E-state index contributed by atoms with van der Waals surface area (Å²) in [4.78, 5) is 35.4. The number of carbonyl (C=O) groups excluding carboxylic acids is 2. The number of amides is 2. The lowest BCUT2D eigenvalue weighted by atomic mass is 10.2. The van der Waals surface area contributed by atoms with Gasteiger partial charge in [-0.1, -0.05) is 15.9 Å². The Morgan fingerprint density at radius 3 is 2.38 bits per heavy atom. The second kappa shape index (κ2) is 8.41. The molecule has 6 nitrogen and oxygen atoms in total. The minimum Gasteiger partial charge on any atom is -0.480 e. The normalized spacial score (nSPS) is 10.0. The summed E-state index contributed by atoms with van der Waals surface area (Å²) in [7, 11) is 0. The van der Waals surface area contributed by atoms with Gasteiger partial charge in [-0.15, -0.1) is 0 Å². The second-order valence-electron chi connectivity index (χ2n) is 4.31. The summed E-state index contributed by atoms with van der Waals surface area (Å²) < 4.78 is 0.876. The molecule has 0 atom stereocenters. The number of carboxylic acids is 1. The molecule has 0 fully saturated rings. The van der Waals surface area contributed by atoms with Gasteiger partial charge in [0.2, 0.25) is 5.91 Å². The van der Waals surface area contributed by atoms with Gasteiger partial charge in [0.1, 0.15) is 6.54 Å². The smallest absolute Gasteiger partial charge is 0.323 e. The van der Waals surface area contributed by atoms with Crippen molar-refractivity contribution in [2.45, 2.75) is 13.3 Å². The van der Waals surface area contributed by atoms with Gasteiger partial charge in [0.15, 0.2) is 0 Å². The van der Waals surface area contributed by atoms with E-state index in [-0.39, 0.29) is 31.3 Å². The molecule has 0 aliphatic rings. The number of halogens is 1. The van der Waals surface area contributed by atoms with E-state index in [1.165, 1.54) is 4.90 Å². The van der Waals surface area contributed by atoms with Crippen molar-refractivity contribution in [2.75, 3.05) is 19.6 Å². The maximum Gasteiger partial charge on any atom is 0.323 e. The fraction of sp³-hybridized carbons (Fsp3) is 0.357. The summed E-state index contributed by atoms with van der Waals surface area (Å²) in [5.74, 6) is -1.61. The SMILES string of the molecule is CCN(CC(=O)O)C(=O)CCNC(=O)c1ccc(Br)cc1. The van der Waals surface area contributed by atoms with E-state index >= 15 is 0 Å². The second-order valence-corrected chi connectivity index (χ2v) is 5.23. The Hall–Kier alpha value is -1.89. The van der Waals surface area contributed by atoms with Crippen molar-refractivity contribution < 1.29 is 19.5 Å². The summed E-state index contributed by atoms with van der Waals surface area (Å²) in [5.41, 5.74) is 0.503. The number of hydrogen-bond donors (Lipinski definition) is 2. The van der Waals surface area contributed by atoms with Crippen molar-refractivity contribution in [1.29, 1.82) is 0 Å². The first-order chi connectivity index (χ1) is 9.93. The molecule has 1 aromatic rings. The number of carboxylic acid groups (broad SMARTS) is 1. The fourth-order valence-electron chi connectivity index (χ4n) is 1.68. The van der Waals surface area contributed by atoms with E-state index in [1.807, 2.05) is 0 Å². The van der Waals surface area contributed by atoms with Gasteiger partial charge in [-0.2, -0.15) is 0 Å². The first-order valence-corrected chi connectivity index (χ1v) is 7.26. The van der Waals surface area contributed by atoms with Crippen LogP contribution in [0.5, 0.6) is 0 Å². The van der Waals surface area contributed by atoms with Crippen LogP contribution < -0.4 is 5.32 Å². The molecule has 0 aromatic heterocycles. The lowest BCUT2D eigenvalue weighted by Gasteiger charge is -2.18. The number of benzene rings is 1. The predicted octanol–water partition coefficient (Wildman–Crippen LogP) is 1.50. The Morgan fingerprint density at radius 2 is 1.86 bits per heavy atom. The number of nitrogens with zero attached hydrogens (tertiary/aromatic N) is 1. The van der Waals surface area contributed by atoms with Crippen LogP contribution in [0.25, 0.3) is 0 Å². The van der Waals surface area contributed by atoms with Gasteiger partial charge in [-0.3, -0.25) is 14.4 Å². The zero-order valence-electron chi connectivity index (χ0n) is 11.6. The quantitative estimate of drug-likeness (QED) is 0.774. The maximum absolute atomic E-state index is 11.8. The van der Waals surface area contributed by atoms with Gasteiger partial charge in [-0.05, 0) is 31.2 Å². The zero-order chi connectivity index (χ0) is 15.8. The Kier molecular flexibility index (Phi) is 6.87. The molecule has 2 N–H and O–H groups in total. The molecule has 0 aliphatic heterocycles. The highest BCUT2D eigenvalue weighted by molar-refractivity contribution is 9.10. The maximum atomic E-state index is 11.8. The molecular formula is C14H17BrN2O4. The standard InChI is InChI=1S/C14H17BrN2O4/c1-2-17(9-13(19)20)12(18)7-8-16-14(21)10-3-5-11(15)6-4-10/h3-6H,2,7-9H2,1H3,(H,16,21)(H,19,20). The molecular weight excluding hydrogens is 340 g/mol. The van der Waals surface area contributed by atoms with Gasteiger partial charge < -0.3 is 15.3 Å². The highest BCUT2D eigenvalue weighted by Gasteiger charge is 2.15. The van der Waals surface area contributed by atoms with Crippen molar-refractivity contribution in [2.24, 2.45) is 0 Å². The van der Waals surface area contributed by atoms with Crippen LogP contribution in [0.4, 0.5) is 0 Å². The van der Waals surface area contributed by atoms with Crippen LogP contribution in [0, 0.1) is 0 Å². The van der Waals surface area contributed by atoms with Crippen molar-refractivity contribution >= 4 is 33.7 Å². The van der Waals surface area contributed by atoms with E-state index in [1.54, 1.807) is 31.2 Å². The summed E-state index contributed by atoms with van der Waals surface area (Å²) >= 11 is 3.28. The first-order valence-electron chi connectivity index (χ1n) is 6.47. The van der Waals surface area contributed by atoms with Crippen LogP contribution >= 0.6 is 15.9 Å². The molecule has 0 heterocycles. The summed E-state index contributed by atoms with van der Waals surface area (Å²) in [5, 5.41) is 11.3. The van der Waals surface area contributed by atoms with E-state index in [4.69, 9.17) is 5.11 Å². The number of rotatable bonds is 7. The third kappa shape index (κ3) is 5.95. The van der Waals surface area contributed by atoms with Crippen LogP contribution in [-0.2, 0) is 9.59 Å². The fourth-order valence-corrected chi connectivity index (χ4v) is 1.95. The van der Waals surface area contributed by atoms with E-state index in [9.17, 15) is 14.4 Å². The zero-order valence-corrected chi connectivity index (χ0v) is 13.2. The molecule has 0 bridgehead atoms. The Balaban J connectivity index is 2.41. The molecule has 21 heavy (non-hydrogen) atoms. The highest BCUT2D eigenvalue weighted by atomic mass is 79.9. The average Bonchev–Trinajstić information content (AvgIpc) is 2.44. The van der Waals surface area contributed by atoms with Crippen LogP contribution in [0.2, 0.25) is 0 Å². The minimum absolute atomic E-state index is 0.0728. The summed E-state index contributed by atoms with van der Waals surface area (Å²) in [6, 6.07) is 6.85. The third-order valence-corrected chi connectivity index (χ3v) is 3.32. The highest BCUT2D eigenvalue weighted by Crippen LogP contribution is 2.10. The van der Waals surface area contributed by atoms with E-state index in [0.717, 1.165) is 4.47 Å². The van der Waals surface area contributed by atoms with Crippen molar-refractivity contribution in [3.63, 3.8) is 0 Å². The van der Waals surface area contributed by atoms with Crippen LogP contribution in [0.3, 0.4) is 0 Å². The Morgan fingerprint density at radius 1 is 1.24 bits per heavy atom. The van der Waals surface area contributed by atoms with Crippen molar-refractivity contribution in [3.05, 3.63) is 34.3 Å². The predicted molar refractivity (Wildman–Crippen MR) is 81.0 cm³/mol. The first kappa shape index (κ1) is 17.2. The molecule has 1 aromatic carbocycles. The molecule has 114 valence electrons. The van der Waals surface area contributed by atoms with Gasteiger partial charge >= 0.3 is 5.97 Å². The largest absolute Gasteiger partial charge is 0.480 e. The van der Waals surface area contributed by atoms with Gasteiger partial charge in [0, 0.05) is 29.5 Å². The summed E-state index contributed by atoms with van der Waals surface area (Å²) in [6.07, 6.45) is 0.0728. The lowest BCUT2D eigenvalue weighted by Crippen LogP contribution is -2.37. The molecule has 0 saturated heterocycles. The molecule has 0 saturated carbocycles. The Bertz CT molecular complexity index is 516. The molecule has 1 rings (SSSR count). The number of likely N-dealkylation sites (N-methyl/N-ethyl adjacent to an activating group) is 1. The molecule has 0 spiro atoms. The van der Waals surface area contributed by atoms with Crippen molar-refractivity contribution in [1.82, 2.24) is 10.2 Å². The molecule has 7 heteroatoms. The monoisotopic (exact) mass is 356 g/mol. The molecule has 2 amide bonds. The van der Waals surface area contributed by atoms with Gasteiger partial charge in [0.05, 0.1) is 0 Å². The van der Waals surface area contributed by atoms with E-state index in [0.29, 0.717) is 12.1 Å². The number of aliphatic carboxylic acids is 1. The van der Waals surface area contributed by atoms with Crippen LogP contribution in [-0.4, -0.2) is 47.4 Å². The number of nitrogens with one attached hydrogen (secondary N) is 1. The molecule has 0 aliphatic carbocycles. The minimum atomic E-state index is -1.05. The number of carbonyl (C=O) groups is 3. The lowest BCUT2D eigenvalue weighted by molar-refractivity contribution is -0.144. The number of hydrogen-bond acceptors (Lipinski definition) is 3. The van der Waals surface area contributed by atoms with Crippen LogP contribution in [0.1, 0.15) is 23.7 Å². The topological polar surface area (TPSA) is 86.7 Å². The summed E-state index contributed by atoms with van der Waals surface area (Å²) in [6.45, 7) is 1.88. The average molecular weight is 357 g/mol. The third-order valence-electron chi connectivity index (χ3n) is 2.79. The van der Waals surface area contributed by atoms with Crippen LogP contribution in [0.15, 0.2) is 28.7 Å². The van der Waals surface area contributed by atoms with Gasteiger partial charge in [-0.25, -0.2) is 0 Å².